The Morgan fingerprint density at radius 2 is 1.73 bits per heavy atom. The van der Waals surface area contributed by atoms with E-state index in [1.54, 1.807) is 32.7 Å². The molecule has 0 saturated heterocycles. The maximum Gasteiger partial charge on any atom is 0.253 e. The van der Waals surface area contributed by atoms with Gasteiger partial charge in [-0.15, -0.1) is 0 Å². The second kappa shape index (κ2) is 7.59. The minimum absolute atomic E-state index is 0.150. The van der Waals surface area contributed by atoms with E-state index in [4.69, 9.17) is 4.52 Å². The Labute approximate surface area is 154 Å². The van der Waals surface area contributed by atoms with Gasteiger partial charge in [-0.1, -0.05) is 5.16 Å². The highest BCUT2D eigenvalue weighted by molar-refractivity contribution is 7.89. The van der Waals surface area contributed by atoms with Gasteiger partial charge >= 0.3 is 0 Å². The summed E-state index contributed by atoms with van der Waals surface area (Å²) in [5.74, 6) is 0.478. The number of carbonyl (C=O) groups excluding carboxylic acids is 1. The molecule has 7 nitrogen and oxygen atoms in total. The molecule has 1 aromatic heterocycles. The smallest absolute Gasteiger partial charge is 0.253 e. The largest absolute Gasteiger partial charge is 0.361 e. The standard InChI is InChI=1S/C18H25N3O4S/c1-12(2)21(6)26(23,24)16-9-7-15(8-10-16)18(22)20(5)11-17-13(3)19-25-14(17)4/h7-10,12H,11H2,1-6H3. The third-order valence-electron chi connectivity index (χ3n) is 4.43. The van der Waals surface area contributed by atoms with Crippen molar-refractivity contribution in [3.63, 3.8) is 0 Å². The number of aryl methyl sites for hydroxylation is 2. The van der Waals surface area contributed by atoms with Crippen LogP contribution in [0.1, 0.15) is 41.2 Å². The Hall–Kier alpha value is -2.19. The highest BCUT2D eigenvalue weighted by Gasteiger charge is 2.24. The third-order valence-corrected chi connectivity index (χ3v) is 6.48. The molecule has 1 heterocycles. The molecule has 0 aliphatic heterocycles. The molecular formula is C18H25N3O4S. The van der Waals surface area contributed by atoms with Gasteiger partial charge in [0.1, 0.15) is 5.76 Å². The third kappa shape index (κ3) is 3.96. The number of hydrogen-bond donors (Lipinski definition) is 0. The Bertz CT molecular complexity index is 866. The molecule has 0 aliphatic carbocycles. The number of carbonyl (C=O) groups is 1. The van der Waals surface area contributed by atoms with Gasteiger partial charge in [0.2, 0.25) is 10.0 Å². The van der Waals surface area contributed by atoms with Crippen LogP contribution in [0.15, 0.2) is 33.7 Å². The first-order valence-corrected chi connectivity index (χ1v) is 9.75. The van der Waals surface area contributed by atoms with Crippen LogP contribution < -0.4 is 0 Å². The zero-order valence-corrected chi connectivity index (χ0v) is 16.8. The molecule has 0 aliphatic rings. The highest BCUT2D eigenvalue weighted by Crippen LogP contribution is 2.19. The fourth-order valence-corrected chi connectivity index (χ4v) is 3.84. The lowest BCUT2D eigenvalue weighted by molar-refractivity contribution is 0.0784. The SMILES string of the molecule is Cc1noc(C)c1CN(C)C(=O)c1ccc(S(=O)(=O)N(C)C(C)C)cc1. The van der Waals surface area contributed by atoms with Crippen molar-refractivity contribution in [3.05, 3.63) is 46.8 Å². The minimum atomic E-state index is -3.57. The number of sulfonamides is 1. The van der Waals surface area contributed by atoms with Gasteiger partial charge in [-0.3, -0.25) is 4.79 Å². The molecule has 0 atom stereocenters. The van der Waals surface area contributed by atoms with Gasteiger partial charge < -0.3 is 9.42 Å². The van der Waals surface area contributed by atoms with Crippen LogP contribution in [0.5, 0.6) is 0 Å². The summed E-state index contributed by atoms with van der Waals surface area (Å²) in [7, 11) is -0.341. The molecule has 0 N–H and O–H groups in total. The molecule has 0 unspecified atom stereocenters. The summed E-state index contributed by atoms with van der Waals surface area (Å²) in [6.07, 6.45) is 0. The highest BCUT2D eigenvalue weighted by atomic mass is 32.2. The van der Waals surface area contributed by atoms with Crippen molar-refractivity contribution < 1.29 is 17.7 Å². The van der Waals surface area contributed by atoms with Crippen molar-refractivity contribution in [2.45, 2.75) is 45.2 Å². The van der Waals surface area contributed by atoms with E-state index in [9.17, 15) is 13.2 Å². The molecule has 8 heteroatoms. The Balaban J connectivity index is 2.18. The summed E-state index contributed by atoms with van der Waals surface area (Å²) < 4.78 is 31.4. The maximum atomic E-state index is 12.6. The number of amides is 1. The average molecular weight is 379 g/mol. The molecule has 0 saturated carbocycles. The van der Waals surface area contributed by atoms with E-state index < -0.39 is 10.0 Å². The summed E-state index contributed by atoms with van der Waals surface area (Å²) in [6, 6.07) is 5.85. The zero-order chi connectivity index (χ0) is 19.6. The number of benzene rings is 1. The minimum Gasteiger partial charge on any atom is -0.361 e. The predicted molar refractivity (Wildman–Crippen MR) is 98.3 cm³/mol. The van der Waals surface area contributed by atoms with Crippen LogP contribution in [0.25, 0.3) is 0 Å². The molecule has 1 aromatic carbocycles. The van der Waals surface area contributed by atoms with Crippen molar-refractivity contribution in [2.24, 2.45) is 0 Å². The van der Waals surface area contributed by atoms with Gasteiger partial charge in [-0.2, -0.15) is 4.31 Å². The zero-order valence-electron chi connectivity index (χ0n) is 16.0. The molecule has 2 aromatic rings. The molecule has 2 rings (SSSR count). The fraction of sp³-hybridized carbons (Fsp3) is 0.444. The topological polar surface area (TPSA) is 83.7 Å². The van der Waals surface area contributed by atoms with Crippen LogP contribution in [-0.2, 0) is 16.6 Å². The first kappa shape index (κ1) is 20.1. The summed E-state index contributed by atoms with van der Waals surface area (Å²) in [5.41, 5.74) is 2.05. The maximum absolute atomic E-state index is 12.6. The lowest BCUT2D eigenvalue weighted by atomic mass is 10.1. The van der Waals surface area contributed by atoms with Crippen LogP contribution in [0.4, 0.5) is 0 Å². The van der Waals surface area contributed by atoms with Gasteiger partial charge in [0.15, 0.2) is 0 Å². The summed E-state index contributed by atoms with van der Waals surface area (Å²) in [6.45, 7) is 7.61. The van der Waals surface area contributed by atoms with Crippen molar-refractivity contribution in [2.75, 3.05) is 14.1 Å². The lowest BCUT2D eigenvalue weighted by Crippen LogP contribution is -2.33. The molecule has 0 radical (unpaired) electrons. The fourth-order valence-electron chi connectivity index (χ4n) is 2.47. The molecular weight excluding hydrogens is 354 g/mol. The molecule has 0 spiro atoms. The van der Waals surface area contributed by atoms with Gasteiger partial charge in [0, 0.05) is 31.3 Å². The van der Waals surface area contributed by atoms with Crippen LogP contribution in [-0.4, -0.2) is 48.8 Å². The molecule has 142 valence electrons. The van der Waals surface area contributed by atoms with Crippen molar-refractivity contribution >= 4 is 15.9 Å². The normalized spacial score (nSPS) is 12.0. The Morgan fingerprint density at radius 3 is 2.19 bits per heavy atom. The van der Waals surface area contributed by atoms with Crippen LogP contribution in [0.2, 0.25) is 0 Å². The van der Waals surface area contributed by atoms with Crippen LogP contribution in [0, 0.1) is 13.8 Å². The lowest BCUT2D eigenvalue weighted by Gasteiger charge is -2.21. The summed E-state index contributed by atoms with van der Waals surface area (Å²) in [4.78, 5) is 14.3. The van der Waals surface area contributed by atoms with E-state index in [1.807, 2.05) is 6.92 Å². The number of rotatable bonds is 6. The van der Waals surface area contributed by atoms with Gasteiger partial charge in [-0.25, -0.2) is 8.42 Å². The Morgan fingerprint density at radius 1 is 1.15 bits per heavy atom. The van der Waals surface area contributed by atoms with Crippen LogP contribution >= 0.6 is 0 Å². The molecule has 0 bridgehead atoms. The van der Waals surface area contributed by atoms with Gasteiger partial charge in [0.25, 0.3) is 5.91 Å². The van der Waals surface area contributed by atoms with E-state index in [0.29, 0.717) is 17.9 Å². The second-order valence-electron chi connectivity index (χ2n) is 6.60. The van der Waals surface area contributed by atoms with Crippen LogP contribution in [0.3, 0.4) is 0 Å². The number of nitrogens with zero attached hydrogens (tertiary/aromatic N) is 3. The molecule has 26 heavy (non-hydrogen) atoms. The molecule has 1 amide bonds. The average Bonchev–Trinajstić information content (AvgIpc) is 2.92. The van der Waals surface area contributed by atoms with Gasteiger partial charge in [-0.05, 0) is 52.0 Å². The quantitative estimate of drug-likeness (QED) is 0.770. The van der Waals surface area contributed by atoms with Crippen molar-refractivity contribution in [1.82, 2.24) is 14.4 Å². The van der Waals surface area contributed by atoms with E-state index in [2.05, 4.69) is 5.16 Å². The first-order chi connectivity index (χ1) is 12.1. The number of aromatic nitrogens is 1. The van der Waals surface area contributed by atoms with E-state index in [1.165, 1.54) is 35.6 Å². The summed E-state index contributed by atoms with van der Waals surface area (Å²) in [5, 5.41) is 3.89. The molecule has 0 fully saturated rings. The van der Waals surface area contributed by atoms with E-state index in [-0.39, 0.29) is 16.8 Å². The van der Waals surface area contributed by atoms with Crippen molar-refractivity contribution in [3.8, 4) is 0 Å². The monoisotopic (exact) mass is 379 g/mol. The first-order valence-electron chi connectivity index (χ1n) is 8.31. The summed E-state index contributed by atoms with van der Waals surface area (Å²) >= 11 is 0. The Kier molecular flexibility index (Phi) is 5.87. The van der Waals surface area contributed by atoms with E-state index >= 15 is 0 Å². The predicted octanol–water partition coefficient (Wildman–Crippen LogP) is 2.59. The van der Waals surface area contributed by atoms with E-state index in [0.717, 1.165) is 11.3 Å². The van der Waals surface area contributed by atoms with Gasteiger partial charge in [0.05, 0.1) is 17.1 Å². The van der Waals surface area contributed by atoms with Crippen molar-refractivity contribution in [1.29, 1.82) is 0 Å². The number of hydrogen-bond acceptors (Lipinski definition) is 5. The second-order valence-corrected chi connectivity index (χ2v) is 8.60.